The normalized spacial score (nSPS) is 26.8. The predicted molar refractivity (Wildman–Crippen MR) is 75.7 cm³/mol. The maximum atomic E-state index is 14.4. The van der Waals surface area contributed by atoms with E-state index in [2.05, 4.69) is 13.8 Å². The molecule has 1 aromatic rings. The van der Waals surface area contributed by atoms with Crippen molar-refractivity contribution in [1.29, 1.82) is 0 Å². The molecule has 0 aromatic heterocycles. The summed E-state index contributed by atoms with van der Waals surface area (Å²) in [4.78, 5) is 0. The molecule has 1 aliphatic rings. The van der Waals surface area contributed by atoms with Gasteiger partial charge in [0, 0.05) is 11.1 Å². The van der Waals surface area contributed by atoms with Crippen LogP contribution in [0.2, 0.25) is 0 Å². The molecule has 2 nitrogen and oxygen atoms in total. The first-order valence-electron chi connectivity index (χ1n) is 7.00. The van der Waals surface area contributed by atoms with Crippen molar-refractivity contribution in [3.63, 3.8) is 0 Å². The lowest BCUT2D eigenvalue weighted by Crippen LogP contribution is -2.37. The Balaban J connectivity index is 2.34. The molecule has 2 rings (SSSR count). The number of nitrogens with two attached hydrogens (primary N) is 1. The van der Waals surface area contributed by atoms with E-state index in [-0.39, 0.29) is 11.6 Å². The van der Waals surface area contributed by atoms with Gasteiger partial charge in [0.25, 0.3) is 0 Å². The Morgan fingerprint density at radius 1 is 1.16 bits per heavy atom. The maximum absolute atomic E-state index is 14.4. The van der Waals surface area contributed by atoms with Crippen molar-refractivity contribution < 1.29 is 9.13 Å². The number of halogens is 1. The lowest BCUT2D eigenvalue weighted by molar-refractivity contribution is 0.295. The zero-order chi connectivity index (χ0) is 14.1. The first-order chi connectivity index (χ1) is 8.88. The van der Waals surface area contributed by atoms with E-state index >= 15 is 0 Å². The van der Waals surface area contributed by atoms with Crippen molar-refractivity contribution in [2.45, 2.75) is 51.5 Å². The summed E-state index contributed by atoms with van der Waals surface area (Å²) in [5.41, 5.74) is 6.87. The van der Waals surface area contributed by atoms with E-state index in [4.69, 9.17) is 10.5 Å². The van der Waals surface area contributed by atoms with Crippen LogP contribution in [0.5, 0.6) is 5.75 Å². The van der Waals surface area contributed by atoms with Crippen molar-refractivity contribution in [1.82, 2.24) is 0 Å². The van der Waals surface area contributed by atoms with Gasteiger partial charge in [-0.2, -0.15) is 0 Å². The highest BCUT2D eigenvalue weighted by Crippen LogP contribution is 2.42. The minimum Gasteiger partial charge on any atom is -0.494 e. The zero-order valence-corrected chi connectivity index (χ0v) is 12.1. The van der Waals surface area contributed by atoms with Crippen LogP contribution in [0.3, 0.4) is 0 Å². The SMILES string of the molecule is COc1cccc(C2(N)CCCC(C)(C)CC2)c1F. The van der Waals surface area contributed by atoms with Crippen LogP contribution in [0.1, 0.15) is 51.5 Å². The molecule has 1 aliphatic carbocycles. The van der Waals surface area contributed by atoms with Crippen LogP contribution in [0.4, 0.5) is 4.39 Å². The summed E-state index contributed by atoms with van der Waals surface area (Å²) in [6, 6.07) is 5.26. The minimum absolute atomic E-state index is 0.283. The van der Waals surface area contributed by atoms with E-state index in [0.29, 0.717) is 11.0 Å². The summed E-state index contributed by atoms with van der Waals surface area (Å²) in [6.45, 7) is 4.53. The zero-order valence-electron chi connectivity index (χ0n) is 12.1. The molecule has 1 saturated carbocycles. The molecule has 2 N–H and O–H groups in total. The molecule has 0 amide bonds. The summed E-state index contributed by atoms with van der Waals surface area (Å²) in [6.07, 6.45) is 4.88. The van der Waals surface area contributed by atoms with Gasteiger partial charge < -0.3 is 10.5 Å². The standard InChI is InChI=1S/C16H24FNO/c1-15(2)8-5-9-16(18,11-10-15)12-6-4-7-13(19-3)14(12)17/h4,6-7H,5,8-11,18H2,1-3H3. The summed E-state index contributed by atoms with van der Waals surface area (Å²) in [7, 11) is 1.49. The summed E-state index contributed by atoms with van der Waals surface area (Å²) < 4.78 is 19.5. The first-order valence-corrected chi connectivity index (χ1v) is 7.00. The second kappa shape index (κ2) is 5.12. The van der Waals surface area contributed by atoms with E-state index in [1.165, 1.54) is 7.11 Å². The van der Waals surface area contributed by atoms with Gasteiger partial charge in [-0.15, -0.1) is 0 Å². The lowest BCUT2D eigenvalue weighted by Gasteiger charge is -2.30. The predicted octanol–water partition coefficient (Wildman–Crippen LogP) is 3.98. The Kier molecular flexibility index (Phi) is 3.86. The Morgan fingerprint density at radius 3 is 2.58 bits per heavy atom. The van der Waals surface area contributed by atoms with Gasteiger partial charge in [0.2, 0.25) is 0 Å². The largest absolute Gasteiger partial charge is 0.494 e. The van der Waals surface area contributed by atoms with E-state index in [1.54, 1.807) is 12.1 Å². The maximum Gasteiger partial charge on any atom is 0.170 e. The van der Waals surface area contributed by atoms with Crippen LogP contribution in [0, 0.1) is 11.2 Å². The van der Waals surface area contributed by atoms with Gasteiger partial charge in [0.1, 0.15) is 0 Å². The van der Waals surface area contributed by atoms with Crippen LogP contribution in [0.25, 0.3) is 0 Å². The number of benzene rings is 1. The first kappa shape index (κ1) is 14.3. The molecule has 1 aromatic carbocycles. The van der Waals surface area contributed by atoms with Crippen LogP contribution < -0.4 is 10.5 Å². The number of hydrogen-bond acceptors (Lipinski definition) is 2. The Bertz CT molecular complexity index is 458. The second-order valence-corrected chi connectivity index (χ2v) is 6.50. The third kappa shape index (κ3) is 2.92. The molecule has 0 heterocycles. The van der Waals surface area contributed by atoms with Gasteiger partial charge in [0.05, 0.1) is 7.11 Å². The molecule has 0 bridgehead atoms. The minimum atomic E-state index is -0.563. The molecule has 19 heavy (non-hydrogen) atoms. The van der Waals surface area contributed by atoms with Gasteiger partial charge in [-0.3, -0.25) is 0 Å². The second-order valence-electron chi connectivity index (χ2n) is 6.50. The van der Waals surface area contributed by atoms with Crippen LogP contribution in [-0.2, 0) is 5.54 Å². The third-order valence-electron chi connectivity index (χ3n) is 4.44. The Morgan fingerprint density at radius 2 is 1.89 bits per heavy atom. The lowest BCUT2D eigenvalue weighted by atomic mass is 9.81. The summed E-state index contributed by atoms with van der Waals surface area (Å²) in [5.74, 6) is -0.0157. The fraction of sp³-hybridized carbons (Fsp3) is 0.625. The van der Waals surface area contributed by atoms with Gasteiger partial charge in [-0.05, 0) is 37.2 Å². The molecule has 1 atom stereocenters. The summed E-state index contributed by atoms with van der Waals surface area (Å²) >= 11 is 0. The van der Waals surface area contributed by atoms with Crippen LogP contribution >= 0.6 is 0 Å². The smallest absolute Gasteiger partial charge is 0.170 e. The van der Waals surface area contributed by atoms with E-state index < -0.39 is 5.54 Å². The quantitative estimate of drug-likeness (QED) is 0.821. The molecular weight excluding hydrogens is 241 g/mol. The number of hydrogen-bond donors (Lipinski definition) is 1. The van der Waals surface area contributed by atoms with Crippen molar-refractivity contribution in [3.8, 4) is 5.75 Å². The molecule has 3 heteroatoms. The fourth-order valence-corrected chi connectivity index (χ4v) is 3.02. The fourth-order valence-electron chi connectivity index (χ4n) is 3.02. The monoisotopic (exact) mass is 265 g/mol. The van der Waals surface area contributed by atoms with Gasteiger partial charge in [-0.1, -0.05) is 32.4 Å². The van der Waals surface area contributed by atoms with Crippen LogP contribution in [0.15, 0.2) is 18.2 Å². The van der Waals surface area contributed by atoms with Gasteiger partial charge >= 0.3 is 0 Å². The van der Waals surface area contributed by atoms with Crippen LogP contribution in [-0.4, -0.2) is 7.11 Å². The van der Waals surface area contributed by atoms with E-state index in [9.17, 15) is 4.39 Å². The number of methoxy groups -OCH3 is 1. The van der Waals surface area contributed by atoms with E-state index in [1.807, 2.05) is 6.07 Å². The van der Waals surface area contributed by atoms with E-state index in [0.717, 1.165) is 32.1 Å². The van der Waals surface area contributed by atoms with Gasteiger partial charge in [-0.25, -0.2) is 4.39 Å². The van der Waals surface area contributed by atoms with Crippen molar-refractivity contribution in [2.24, 2.45) is 11.1 Å². The number of rotatable bonds is 2. The Labute approximate surface area is 115 Å². The highest BCUT2D eigenvalue weighted by atomic mass is 19.1. The molecular formula is C16H24FNO. The molecule has 0 aliphatic heterocycles. The van der Waals surface area contributed by atoms with Gasteiger partial charge in [0.15, 0.2) is 11.6 Å². The average molecular weight is 265 g/mol. The molecule has 0 saturated heterocycles. The Hall–Kier alpha value is -1.09. The van der Waals surface area contributed by atoms with Crippen molar-refractivity contribution in [3.05, 3.63) is 29.6 Å². The molecule has 1 unspecified atom stereocenters. The van der Waals surface area contributed by atoms with Crippen molar-refractivity contribution in [2.75, 3.05) is 7.11 Å². The van der Waals surface area contributed by atoms with Crippen molar-refractivity contribution >= 4 is 0 Å². The third-order valence-corrected chi connectivity index (χ3v) is 4.44. The summed E-state index contributed by atoms with van der Waals surface area (Å²) in [5, 5.41) is 0. The molecule has 0 spiro atoms. The highest BCUT2D eigenvalue weighted by molar-refractivity contribution is 5.35. The highest BCUT2D eigenvalue weighted by Gasteiger charge is 2.36. The number of ether oxygens (including phenoxy) is 1. The molecule has 0 radical (unpaired) electrons. The average Bonchev–Trinajstić information content (AvgIpc) is 2.50. The topological polar surface area (TPSA) is 35.2 Å². The molecule has 1 fully saturated rings. The molecule has 106 valence electrons.